The second-order valence-electron chi connectivity index (χ2n) is 11.1. The van der Waals surface area contributed by atoms with E-state index in [0.29, 0.717) is 0 Å². The van der Waals surface area contributed by atoms with Crippen LogP contribution in [-0.4, -0.2) is 0 Å². The highest BCUT2D eigenvalue weighted by Crippen LogP contribution is 2.28. The minimum absolute atomic E-state index is 0.906. The Bertz CT molecular complexity index is 320. The molecule has 0 aliphatic rings. The first kappa shape index (κ1) is 28.0. The molecule has 0 aromatic rings. The molecule has 0 aromatic carbocycles. The molecule has 0 nitrogen and oxygen atoms in total. The molecule has 0 saturated carbocycles. The maximum Gasteiger partial charge on any atom is -0.0438 e. The second kappa shape index (κ2) is 17.8. The molecule has 0 unspecified atom stereocenters. The van der Waals surface area contributed by atoms with Crippen molar-refractivity contribution in [3.8, 4) is 0 Å². The first-order chi connectivity index (χ1) is 13.3. The molecule has 0 aromatic heterocycles. The minimum Gasteiger partial charge on any atom is -0.0654 e. The predicted molar refractivity (Wildman–Crippen MR) is 131 cm³/mol. The van der Waals surface area contributed by atoms with Crippen LogP contribution in [0.4, 0.5) is 0 Å². The van der Waals surface area contributed by atoms with Crippen LogP contribution in [0.15, 0.2) is 0 Å². The number of rotatable bonds is 19. The average Bonchev–Trinajstić information content (AvgIpc) is 2.59. The van der Waals surface area contributed by atoms with Crippen LogP contribution < -0.4 is 0 Å². The first-order valence-electron chi connectivity index (χ1n) is 13.3. The molecule has 0 radical (unpaired) electrons. The van der Waals surface area contributed by atoms with Gasteiger partial charge in [0.15, 0.2) is 0 Å². The monoisotopic (exact) mass is 394 g/mol. The van der Waals surface area contributed by atoms with E-state index in [1.165, 1.54) is 89.9 Å². The van der Waals surface area contributed by atoms with E-state index in [2.05, 4.69) is 55.4 Å². The average molecular weight is 395 g/mol. The zero-order chi connectivity index (χ0) is 21.4. The van der Waals surface area contributed by atoms with Crippen molar-refractivity contribution in [1.29, 1.82) is 0 Å². The third-order valence-corrected chi connectivity index (χ3v) is 6.94. The van der Waals surface area contributed by atoms with Crippen LogP contribution in [0.25, 0.3) is 0 Å². The van der Waals surface area contributed by atoms with Crippen LogP contribution in [0, 0.1) is 35.5 Å². The molecule has 0 N–H and O–H groups in total. The van der Waals surface area contributed by atoms with Crippen LogP contribution in [-0.2, 0) is 0 Å². The molecule has 0 amide bonds. The van der Waals surface area contributed by atoms with Gasteiger partial charge >= 0.3 is 0 Å². The summed E-state index contributed by atoms with van der Waals surface area (Å²) < 4.78 is 0. The van der Waals surface area contributed by atoms with E-state index in [-0.39, 0.29) is 0 Å². The molecule has 0 saturated heterocycles. The molecule has 0 heteroatoms. The maximum atomic E-state index is 2.50. The lowest BCUT2D eigenvalue weighted by Gasteiger charge is -2.23. The summed E-state index contributed by atoms with van der Waals surface area (Å²) in [6.45, 7) is 19.5. The topological polar surface area (TPSA) is 0 Å². The number of hydrogen-bond acceptors (Lipinski definition) is 0. The van der Waals surface area contributed by atoms with Gasteiger partial charge in [-0.15, -0.1) is 0 Å². The Morgan fingerprint density at radius 2 is 0.714 bits per heavy atom. The Balaban J connectivity index is 3.73. The fourth-order valence-electron chi connectivity index (χ4n) is 5.62. The summed E-state index contributed by atoms with van der Waals surface area (Å²) in [7, 11) is 0. The first-order valence-corrected chi connectivity index (χ1v) is 13.3. The lowest BCUT2D eigenvalue weighted by molar-refractivity contribution is 0.292. The molecule has 0 aliphatic heterocycles. The van der Waals surface area contributed by atoms with Gasteiger partial charge in [0.05, 0.1) is 0 Å². The molecule has 0 spiro atoms. The summed E-state index contributed by atoms with van der Waals surface area (Å²) in [5.74, 6) is 5.52. The molecular formula is C28H58. The molecular weight excluding hydrogens is 336 g/mol. The fourth-order valence-corrected chi connectivity index (χ4v) is 5.62. The van der Waals surface area contributed by atoms with Crippen molar-refractivity contribution in [3.05, 3.63) is 0 Å². The van der Waals surface area contributed by atoms with Gasteiger partial charge in [0, 0.05) is 0 Å². The van der Waals surface area contributed by atoms with Crippen LogP contribution in [0.3, 0.4) is 0 Å². The summed E-state index contributed by atoms with van der Waals surface area (Å²) in [5, 5.41) is 0. The zero-order valence-electron chi connectivity index (χ0n) is 21.4. The highest BCUT2D eigenvalue weighted by molar-refractivity contribution is 4.67. The van der Waals surface area contributed by atoms with E-state index >= 15 is 0 Å². The predicted octanol–water partition coefficient (Wildman–Crippen LogP) is 10.3. The number of unbranched alkanes of at least 4 members (excludes halogenated alkanes) is 3. The summed E-state index contributed by atoms with van der Waals surface area (Å²) in [6, 6.07) is 0. The largest absolute Gasteiger partial charge is 0.0654 e. The van der Waals surface area contributed by atoms with Gasteiger partial charge in [-0.05, 0) is 61.2 Å². The van der Waals surface area contributed by atoms with E-state index in [4.69, 9.17) is 0 Å². The highest BCUT2D eigenvalue weighted by Gasteiger charge is 2.15. The summed E-state index contributed by atoms with van der Waals surface area (Å²) in [6.07, 6.45) is 20.0. The third kappa shape index (κ3) is 16.9. The Kier molecular flexibility index (Phi) is 17.8. The van der Waals surface area contributed by atoms with Crippen LogP contribution in [0.2, 0.25) is 0 Å². The normalized spacial score (nSPS) is 18.4. The second-order valence-corrected chi connectivity index (χ2v) is 11.1. The third-order valence-electron chi connectivity index (χ3n) is 6.94. The summed E-state index contributed by atoms with van der Waals surface area (Å²) in [4.78, 5) is 0. The van der Waals surface area contributed by atoms with Crippen molar-refractivity contribution < 1.29 is 0 Å². The van der Waals surface area contributed by atoms with Gasteiger partial charge in [0.25, 0.3) is 0 Å². The Labute approximate surface area is 181 Å². The van der Waals surface area contributed by atoms with Crippen molar-refractivity contribution in [3.63, 3.8) is 0 Å². The Morgan fingerprint density at radius 1 is 0.357 bits per heavy atom. The molecule has 0 aliphatic carbocycles. The van der Waals surface area contributed by atoms with Crippen LogP contribution >= 0.6 is 0 Å². The van der Waals surface area contributed by atoms with E-state index in [0.717, 1.165) is 35.5 Å². The lowest BCUT2D eigenvalue weighted by atomic mass is 9.83. The lowest BCUT2D eigenvalue weighted by Crippen LogP contribution is -2.10. The van der Waals surface area contributed by atoms with E-state index in [1.54, 1.807) is 0 Å². The van der Waals surface area contributed by atoms with Gasteiger partial charge in [0.1, 0.15) is 0 Å². The van der Waals surface area contributed by atoms with Crippen molar-refractivity contribution in [1.82, 2.24) is 0 Å². The molecule has 170 valence electrons. The minimum atomic E-state index is 0.906. The van der Waals surface area contributed by atoms with Gasteiger partial charge in [0.2, 0.25) is 0 Å². The standard InChI is InChI=1S/C28H58/c1-9-11-16-24(4)19-25(5)17-13-12-14-18-26(6)21-28(8)22-27(7)20-23(3)15-10-2/h23-28H,9-22H2,1-8H3/t23-,24-,25+,26-,27+,28+/m0/s1. The van der Waals surface area contributed by atoms with Gasteiger partial charge in [-0.1, -0.05) is 120 Å². The highest BCUT2D eigenvalue weighted by atomic mass is 14.2. The smallest absolute Gasteiger partial charge is 0.0438 e. The van der Waals surface area contributed by atoms with Crippen LogP contribution in [0.5, 0.6) is 0 Å². The van der Waals surface area contributed by atoms with E-state index < -0.39 is 0 Å². The molecule has 0 bridgehead atoms. The SMILES string of the molecule is CCCC[C@H](C)C[C@H](C)CCCCC[C@H](C)C[C@@H](C)C[C@H](C)C[C@@H](C)CCC. The quantitative estimate of drug-likeness (QED) is 0.191. The van der Waals surface area contributed by atoms with E-state index in [1.807, 2.05) is 0 Å². The molecule has 28 heavy (non-hydrogen) atoms. The van der Waals surface area contributed by atoms with Crippen molar-refractivity contribution >= 4 is 0 Å². The number of hydrogen-bond donors (Lipinski definition) is 0. The molecule has 0 fully saturated rings. The van der Waals surface area contributed by atoms with Crippen molar-refractivity contribution in [2.75, 3.05) is 0 Å². The molecule has 6 atom stereocenters. The van der Waals surface area contributed by atoms with Gasteiger partial charge in [-0.3, -0.25) is 0 Å². The van der Waals surface area contributed by atoms with Gasteiger partial charge in [-0.2, -0.15) is 0 Å². The maximum absolute atomic E-state index is 2.50. The summed E-state index contributed by atoms with van der Waals surface area (Å²) in [5.41, 5.74) is 0. The van der Waals surface area contributed by atoms with E-state index in [9.17, 15) is 0 Å². The molecule has 0 rings (SSSR count). The Hall–Kier alpha value is 0. The van der Waals surface area contributed by atoms with Gasteiger partial charge in [-0.25, -0.2) is 0 Å². The molecule has 0 heterocycles. The van der Waals surface area contributed by atoms with Gasteiger partial charge < -0.3 is 0 Å². The summed E-state index contributed by atoms with van der Waals surface area (Å²) >= 11 is 0. The fraction of sp³-hybridized carbons (Fsp3) is 1.00. The Morgan fingerprint density at radius 3 is 1.14 bits per heavy atom. The van der Waals surface area contributed by atoms with Crippen molar-refractivity contribution in [2.24, 2.45) is 35.5 Å². The van der Waals surface area contributed by atoms with Crippen LogP contribution in [0.1, 0.15) is 145 Å². The zero-order valence-corrected chi connectivity index (χ0v) is 21.4. The van der Waals surface area contributed by atoms with Crippen molar-refractivity contribution in [2.45, 2.75) is 145 Å².